The average Bonchev–Trinajstić information content (AvgIpc) is 2.92. The zero-order valence-corrected chi connectivity index (χ0v) is 13.2. The van der Waals surface area contributed by atoms with E-state index in [-0.39, 0.29) is 0 Å². The Morgan fingerprint density at radius 1 is 1.32 bits per heavy atom. The van der Waals surface area contributed by atoms with Gasteiger partial charge in [0.25, 0.3) is 0 Å². The molecule has 2 atom stereocenters. The molecule has 1 N–H and O–H groups in total. The van der Waals surface area contributed by atoms with Gasteiger partial charge in [-0.2, -0.15) is 0 Å². The molecule has 0 amide bonds. The summed E-state index contributed by atoms with van der Waals surface area (Å²) in [5, 5.41) is 3.79. The highest BCUT2D eigenvalue weighted by Crippen LogP contribution is 2.30. The molecule has 0 saturated carbocycles. The summed E-state index contributed by atoms with van der Waals surface area (Å²) in [4.78, 5) is 2.79. The number of ether oxygens (including phenoxy) is 1. The third-order valence-electron chi connectivity index (χ3n) is 5.40. The molecular formula is C16H32N2O. The molecule has 2 unspecified atom stereocenters. The van der Waals surface area contributed by atoms with Crippen molar-refractivity contribution in [1.29, 1.82) is 0 Å². The molecule has 2 aliphatic heterocycles. The Morgan fingerprint density at radius 3 is 2.58 bits per heavy atom. The highest BCUT2D eigenvalue weighted by Gasteiger charge is 2.40. The fourth-order valence-electron chi connectivity index (χ4n) is 3.63. The van der Waals surface area contributed by atoms with E-state index in [4.69, 9.17) is 4.74 Å². The molecule has 3 nitrogen and oxygen atoms in total. The highest BCUT2D eigenvalue weighted by atomic mass is 16.5. The molecule has 0 aliphatic carbocycles. The van der Waals surface area contributed by atoms with Gasteiger partial charge in [-0.1, -0.05) is 27.7 Å². The number of nitrogens with zero attached hydrogens (tertiary/aromatic N) is 1. The fraction of sp³-hybridized carbons (Fsp3) is 1.00. The van der Waals surface area contributed by atoms with E-state index in [9.17, 15) is 0 Å². The Bertz CT molecular complexity index is 268. The topological polar surface area (TPSA) is 24.5 Å². The minimum Gasteiger partial charge on any atom is -0.381 e. The molecule has 112 valence electrons. The van der Waals surface area contributed by atoms with Gasteiger partial charge in [0.05, 0.1) is 6.61 Å². The molecule has 2 fully saturated rings. The molecule has 2 saturated heterocycles. The first-order chi connectivity index (χ1) is 9.11. The van der Waals surface area contributed by atoms with Crippen LogP contribution in [0.1, 0.15) is 47.0 Å². The third-order valence-corrected chi connectivity index (χ3v) is 5.40. The van der Waals surface area contributed by atoms with Crippen molar-refractivity contribution in [3.8, 4) is 0 Å². The van der Waals surface area contributed by atoms with E-state index < -0.39 is 0 Å². The van der Waals surface area contributed by atoms with Crippen molar-refractivity contribution in [2.75, 3.05) is 32.8 Å². The number of hydrogen-bond acceptors (Lipinski definition) is 3. The molecule has 0 aromatic rings. The van der Waals surface area contributed by atoms with Crippen LogP contribution in [0.3, 0.4) is 0 Å². The Hall–Kier alpha value is -0.120. The summed E-state index contributed by atoms with van der Waals surface area (Å²) < 4.78 is 5.57. The van der Waals surface area contributed by atoms with Crippen LogP contribution >= 0.6 is 0 Å². The smallest absolute Gasteiger partial charge is 0.0507 e. The van der Waals surface area contributed by atoms with Gasteiger partial charge in [0.1, 0.15) is 0 Å². The van der Waals surface area contributed by atoms with Crippen LogP contribution in [0.2, 0.25) is 0 Å². The maximum absolute atomic E-state index is 5.57. The van der Waals surface area contributed by atoms with Crippen LogP contribution < -0.4 is 5.32 Å². The summed E-state index contributed by atoms with van der Waals surface area (Å²) >= 11 is 0. The van der Waals surface area contributed by atoms with Crippen molar-refractivity contribution in [2.45, 2.75) is 58.5 Å². The predicted molar refractivity (Wildman–Crippen MR) is 80.4 cm³/mol. The van der Waals surface area contributed by atoms with Gasteiger partial charge in [-0.05, 0) is 31.1 Å². The van der Waals surface area contributed by atoms with Gasteiger partial charge < -0.3 is 10.1 Å². The first-order valence-electron chi connectivity index (χ1n) is 8.17. The van der Waals surface area contributed by atoms with E-state index in [2.05, 4.69) is 37.9 Å². The van der Waals surface area contributed by atoms with Gasteiger partial charge in [-0.25, -0.2) is 0 Å². The maximum atomic E-state index is 5.57. The Labute approximate surface area is 119 Å². The quantitative estimate of drug-likeness (QED) is 0.829. The summed E-state index contributed by atoms with van der Waals surface area (Å²) in [6, 6.07) is 0.647. The van der Waals surface area contributed by atoms with Crippen molar-refractivity contribution in [2.24, 2.45) is 11.8 Å². The molecule has 2 aliphatic rings. The van der Waals surface area contributed by atoms with Crippen molar-refractivity contribution in [1.82, 2.24) is 10.2 Å². The Balaban J connectivity index is 2.05. The summed E-state index contributed by atoms with van der Waals surface area (Å²) in [7, 11) is 0. The molecule has 0 aromatic carbocycles. The second-order valence-electron chi connectivity index (χ2n) is 6.80. The van der Waals surface area contributed by atoms with E-state index >= 15 is 0 Å². The molecule has 3 heteroatoms. The monoisotopic (exact) mass is 268 g/mol. The Kier molecular flexibility index (Phi) is 5.27. The molecule has 0 bridgehead atoms. The van der Waals surface area contributed by atoms with Crippen LogP contribution in [0.15, 0.2) is 0 Å². The minimum atomic E-state index is 0.369. The normalized spacial score (nSPS) is 32.1. The lowest BCUT2D eigenvalue weighted by Crippen LogP contribution is -2.66. The van der Waals surface area contributed by atoms with Crippen LogP contribution in [0.4, 0.5) is 0 Å². The second-order valence-corrected chi connectivity index (χ2v) is 6.80. The molecule has 2 heterocycles. The number of piperazine rings is 1. The van der Waals surface area contributed by atoms with Gasteiger partial charge in [0, 0.05) is 37.8 Å². The fourth-order valence-corrected chi connectivity index (χ4v) is 3.63. The molecule has 0 radical (unpaired) electrons. The van der Waals surface area contributed by atoms with E-state index in [0.29, 0.717) is 17.5 Å². The van der Waals surface area contributed by atoms with Gasteiger partial charge in [0.2, 0.25) is 0 Å². The minimum absolute atomic E-state index is 0.369. The lowest BCUT2D eigenvalue weighted by Gasteiger charge is -2.51. The second kappa shape index (κ2) is 6.55. The lowest BCUT2D eigenvalue weighted by atomic mass is 9.84. The number of hydrogen-bond donors (Lipinski definition) is 1. The van der Waals surface area contributed by atoms with Gasteiger partial charge >= 0.3 is 0 Å². The predicted octanol–water partition coefficient (Wildman–Crippen LogP) is 2.51. The standard InChI is InChI=1S/C16H32N2O/c1-5-16(6-2)12-17-15(13(3)4)10-18(16)9-14-7-8-19-11-14/h13-15,17H,5-12H2,1-4H3. The molecular weight excluding hydrogens is 236 g/mol. The van der Waals surface area contributed by atoms with Crippen molar-refractivity contribution >= 4 is 0 Å². The summed E-state index contributed by atoms with van der Waals surface area (Å²) in [5.74, 6) is 1.47. The maximum Gasteiger partial charge on any atom is 0.0507 e. The molecule has 0 spiro atoms. The summed E-state index contributed by atoms with van der Waals surface area (Å²) in [6.07, 6.45) is 3.74. The van der Waals surface area contributed by atoms with Crippen LogP contribution in [0, 0.1) is 11.8 Å². The van der Waals surface area contributed by atoms with Gasteiger partial charge in [-0.15, -0.1) is 0 Å². The van der Waals surface area contributed by atoms with E-state index in [1.165, 1.54) is 32.4 Å². The summed E-state index contributed by atoms with van der Waals surface area (Å²) in [5.41, 5.74) is 0.369. The first kappa shape index (κ1) is 15.3. The number of rotatable bonds is 5. The molecule has 2 rings (SSSR count). The largest absolute Gasteiger partial charge is 0.381 e. The van der Waals surface area contributed by atoms with E-state index in [1.54, 1.807) is 0 Å². The van der Waals surface area contributed by atoms with Crippen LogP contribution in [0.25, 0.3) is 0 Å². The summed E-state index contributed by atoms with van der Waals surface area (Å²) in [6.45, 7) is 14.9. The van der Waals surface area contributed by atoms with Crippen LogP contribution in [0.5, 0.6) is 0 Å². The zero-order chi connectivity index (χ0) is 13.9. The first-order valence-corrected chi connectivity index (χ1v) is 8.17. The molecule has 0 aromatic heterocycles. The van der Waals surface area contributed by atoms with Gasteiger partial charge in [-0.3, -0.25) is 4.90 Å². The van der Waals surface area contributed by atoms with E-state index in [1.807, 2.05) is 0 Å². The third kappa shape index (κ3) is 3.32. The van der Waals surface area contributed by atoms with Crippen LogP contribution in [-0.2, 0) is 4.74 Å². The average molecular weight is 268 g/mol. The number of nitrogens with one attached hydrogen (secondary N) is 1. The SMILES string of the molecule is CCC1(CC)CNC(C(C)C)CN1CC1CCOC1. The highest BCUT2D eigenvalue weighted by molar-refractivity contribution is 4.98. The van der Waals surface area contributed by atoms with Crippen molar-refractivity contribution in [3.63, 3.8) is 0 Å². The van der Waals surface area contributed by atoms with E-state index in [0.717, 1.165) is 25.7 Å². The molecule has 19 heavy (non-hydrogen) atoms. The lowest BCUT2D eigenvalue weighted by molar-refractivity contribution is 0.00907. The van der Waals surface area contributed by atoms with Gasteiger partial charge in [0.15, 0.2) is 0 Å². The van der Waals surface area contributed by atoms with Crippen LogP contribution in [-0.4, -0.2) is 49.3 Å². The Morgan fingerprint density at radius 2 is 2.05 bits per heavy atom. The van der Waals surface area contributed by atoms with Crippen molar-refractivity contribution in [3.05, 3.63) is 0 Å². The zero-order valence-electron chi connectivity index (χ0n) is 13.2. The van der Waals surface area contributed by atoms with Crippen molar-refractivity contribution < 1.29 is 4.74 Å².